The molecule has 0 atom stereocenters. The number of nitrogens with two attached hydrogens (primary N) is 1. The molecule has 1 heterocycles. The number of hydrogen-bond acceptors (Lipinski definition) is 2. The van der Waals surface area contributed by atoms with Crippen molar-refractivity contribution in [1.29, 1.82) is 0 Å². The van der Waals surface area contributed by atoms with E-state index in [-0.39, 0.29) is 0 Å². The largest absolute Gasteiger partial charge is 0.508 e. The summed E-state index contributed by atoms with van der Waals surface area (Å²) >= 11 is 0. The van der Waals surface area contributed by atoms with Gasteiger partial charge in [0.05, 0.1) is 0 Å². The molecule has 0 radical (unpaired) electrons. The molecule has 0 aliphatic carbocycles. The first kappa shape index (κ1) is 11.6. The van der Waals surface area contributed by atoms with Gasteiger partial charge in [0, 0.05) is 17.1 Å². The lowest BCUT2D eigenvalue weighted by atomic mass is 10.1. The molecule has 0 fully saturated rings. The molecule has 3 nitrogen and oxygen atoms in total. The number of phenols is 1. The van der Waals surface area contributed by atoms with Crippen molar-refractivity contribution < 1.29 is 5.11 Å². The third-order valence-electron chi connectivity index (χ3n) is 2.16. The third-order valence-corrected chi connectivity index (χ3v) is 2.16. The van der Waals surface area contributed by atoms with Gasteiger partial charge in [-0.25, -0.2) is 0 Å². The number of rotatable bonds is 2. The van der Waals surface area contributed by atoms with Crippen molar-refractivity contribution in [3.63, 3.8) is 0 Å². The number of hydrogen-bond donors (Lipinski definition) is 3. The summed E-state index contributed by atoms with van der Waals surface area (Å²) in [5.74, 6) is 0.297. The number of phenolic OH excluding ortho intramolecular Hbond substituents is 1. The maximum absolute atomic E-state index is 9.30. The SMILES string of the molecule is CC.NCCc1c[nH]c2ccc(O)cc12. The highest BCUT2D eigenvalue weighted by molar-refractivity contribution is 5.84. The Kier molecular flexibility index (Phi) is 4.18. The first-order valence-electron chi connectivity index (χ1n) is 5.30. The quantitative estimate of drug-likeness (QED) is 0.706. The molecule has 1 aromatic heterocycles. The fourth-order valence-electron chi connectivity index (χ4n) is 1.53. The van der Waals surface area contributed by atoms with Crippen molar-refractivity contribution in [2.45, 2.75) is 20.3 Å². The molecule has 0 saturated carbocycles. The molecule has 0 unspecified atom stereocenters. The lowest BCUT2D eigenvalue weighted by Crippen LogP contribution is -2.01. The Morgan fingerprint density at radius 3 is 2.73 bits per heavy atom. The predicted molar refractivity (Wildman–Crippen MR) is 64.1 cm³/mol. The van der Waals surface area contributed by atoms with E-state index >= 15 is 0 Å². The minimum atomic E-state index is 0.297. The van der Waals surface area contributed by atoms with Crippen molar-refractivity contribution in [2.24, 2.45) is 5.73 Å². The second kappa shape index (κ2) is 5.41. The molecule has 0 bridgehead atoms. The number of nitrogens with one attached hydrogen (secondary N) is 1. The van der Waals surface area contributed by atoms with Crippen molar-refractivity contribution in [1.82, 2.24) is 4.98 Å². The van der Waals surface area contributed by atoms with Crippen molar-refractivity contribution in [2.75, 3.05) is 6.54 Å². The summed E-state index contributed by atoms with van der Waals surface area (Å²) < 4.78 is 0. The number of aromatic nitrogens is 1. The normalized spacial score (nSPS) is 9.80. The van der Waals surface area contributed by atoms with Crippen molar-refractivity contribution >= 4 is 10.9 Å². The number of H-pyrrole nitrogens is 1. The van der Waals surface area contributed by atoms with Crippen LogP contribution in [0.3, 0.4) is 0 Å². The van der Waals surface area contributed by atoms with Crippen LogP contribution in [0.15, 0.2) is 24.4 Å². The third kappa shape index (κ3) is 2.50. The summed E-state index contributed by atoms with van der Waals surface area (Å²) in [5, 5.41) is 10.4. The topological polar surface area (TPSA) is 62.0 Å². The van der Waals surface area contributed by atoms with Gasteiger partial charge in [0.2, 0.25) is 0 Å². The Morgan fingerprint density at radius 1 is 1.33 bits per heavy atom. The van der Waals surface area contributed by atoms with Crippen LogP contribution in [0, 0.1) is 0 Å². The Bertz CT molecular complexity index is 420. The fourth-order valence-corrected chi connectivity index (χ4v) is 1.53. The van der Waals surface area contributed by atoms with Crippen LogP contribution >= 0.6 is 0 Å². The summed E-state index contributed by atoms with van der Waals surface area (Å²) in [7, 11) is 0. The highest BCUT2D eigenvalue weighted by Crippen LogP contribution is 2.22. The van der Waals surface area contributed by atoms with Gasteiger partial charge in [-0.05, 0) is 36.7 Å². The van der Waals surface area contributed by atoms with E-state index in [4.69, 9.17) is 5.73 Å². The average Bonchev–Trinajstić information content (AvgIpc) is 2.65. The summed E-state index contributed by atoms with van der Waals surface area (Å²) in [4.78, 5) is 3.13. The molecule has 1 aromatic carbocycles. The molecule has 2 rings (SSSR count). The van der Waals surface area contributed by atoms with Crippen LogP contribution in [0.25, 0.3) is 10.9 Å². The number of benzene rings is 1. The maximum Gasteiger partial charge on any atom is 0.116 e. The number of aromatic amines is 1. The van der Waals surface area contributed by atoms with E-state index in [9.17, 15) is 5.11 Å². The van der Waals surface area contributed by atoms with E-state index in [1.54, 1.807) is 12.1 Å². The highest BCUT2D eigenvalue weighted by atomic mass is 16.3. The maximum atomic E-state index is 9.30. The smallest absolute Gasteiger partial charge is 0.116 e. The average molecular weight is 206 g/mol. The molecule has 82 valence electrons. The monoisotopic (exact) mass is 206 g/mol. The van der Waals surface area contributed by atoms with E-state index in [1.807, 2.05) is 26.1 Å². The van der Waals surface area contributed by atoms with Crippen LogP contribution in [-0.2, 0) is 6.42 Å². The van der Waals surface area contributed by atoms with Gasteiger partial charge in [-0.2, -0.15) is 0 Å². The van der Waals surface area contributed by atoms with Crippen LogP contribution in [0.1, 0.15) is 19.4 Å². The van der Waals surface area contributed by atoms with Gasteiger partial charge < -0.3 is 15.8 Å². The van der Waals surface area contributed by atoms with Crippen LogP contribution in [0.2, 0.25) is 0 Å². The Balaban J connectivity index is 0.000000531. The molecule has 3 heteroatoms. The zero-order valence-corrected chi connectivity index (χ0v) is 9.25. The number of fused-ring (bicyclic) bond motifs is 1. The van der Waals surface area contributed by atoms with E-state index in [0.717, 1.165) is 22.9 Å². The molecule has 4 N–H and O–H groups in total. The summed E-state index contributed by atoms with van der Waals surface area (Å²) in [6.07, 6.45) is 2.78. The fraction of sp³-hybridized carbons (Fsp3) is 0.333. The Hall–Kier alpha value is -1.48. The highest BCUT2D eigenvalue weighted by Gasteiger charge is 2.02. The molecule has 0 saturated heterocycles. The van der Waals surface area contributed by atoms with Crippen LogP contribution in [0.5, 0.6) is 5.75 Å². The Morgan fingerprint density at radius 2 is 2.07 bits per heavy atom. The van der Waals surface area contributed by atoms with E-state index in [1.165, 1.54) is 0 Å². The minimum Gasteiger partial charge on any atom is -0.508 e. The summed E-state index contributed by atoms with van der Waals surface area (Å²) in [5.41, 5.74) is 7.68. The minimum absolute atomic E-state index is 0.297. The molecular weight excluding hydrogens is 188 g/mol. The van der Waals surface area contributed by atoms with E-state index < -0.39 is 0 Å². The Labute approximate surface area is 89.9 Å². The first-order chi connectivity index (χ1) is 7.31. The van der Waals surface area contributed by atoms with E-state index in [2.05, 4.69) is 4.98 Å². The van der Waals surface area contributed by atoms with Gasteiger partial charge >= 0.3 is 0 Å². The summed E-state index contributed by atoms with van der Waals surface area (Å²) in [6.45, 7) is 4.63. The molecular formula is C12H18N2O. The van der Waals surface area contributed by atoms with Crippen LogP contribution < -0.4 is 5.73 Å². The van der Waals surface area contributed by atoms with Gasteiger partial charge in [-0.1, -0.05) is 13.8 Å². The van der Waals surface area contributed by atoms with Crippen LogP contribution in [0.4, 0.5) is 0 Å². The van der Waals surface area contributed by atoms with Gasteiger partial charge in [-0.3, -0.25) is 0 Å². The predicted octanol–water partition coefficient (Wildman–Crippen LogP) is 2.40. The molecule has 15 heavy (non-hydrogen) atoms. The van der Waals surface area contributed by atoms with Crippen molar-refractivity contribution in [3.8, 4) is 5.75 Å². The van der Waals surface area contributed by atoms with Crippen LogP contribution in [-0.4, -0.2) is 16.6 Å². The molecule has 2 aromatic rings. The number of aromatic hydroxyl groups is 1. The van der Waals surface area contributed by atoms with Crippen molar-refractivity contribution in [3.05, 3.63) is 30.0 Å². The van der Waals surface area contributed by atoms with Gasteiger partial charge in [-0.15, -0.1) is 0 Å². The second-order valence-electron chi connectivity index (χ2n) is 3.08. The lowest BCUT2D eigenvalue weighted by molar-refractivity contribution is 0.476. The standard InChI is InChI=1S/C10H12N2O.C2H6/c11-4-3-7-6-12-10-2-1-8(13)5-9(7)10;1-2/h1-2,5-6,12-13H,3-4,11H2;1-2H3. The van der Waals surface area contributed by atoms with Gasteiger partial charge in [0.1, 0.15) is 5.75 Å². The van der Waals surface area contributed by atoms with Gasteiger partial charge in [0.15, 0.2) is 0 Å². The zero-order chi connectivity index (χ0) is 11.3. The zero-order valence-electron chi connectivity index (χ0n) is 9.25. The lowest BCUT2D eigenvalue weighted by Gasteiger charge is -1.96. The molecule has 0 aliphatic heterocycles. The molecule has 0 aliphatic rings. The second-order valence-corrected chi connectivity index (χ2v) is 3.08. The molecule has 0 spiro atoms. The van der Waals surface area contributed by atoms with Gasteiger partial charge in [0.25, 0.3) is 0 Å². The van der Waals surface area contributed by atoms with E-state index in [0.29, 0.717) is 12.3 Å². The molecule has 0 amide bonds. The first-order valence-corrected chi connectivity index (χ1v) is 5.30. The summed E-state index contributed by atoms with van der Waals surface area (Å²) in [6, 6.07) is 5.30.